The quantitative estimate of drug-likeness (QED) is 0.821. The van der Waals surface area contributed by atoms with Gasteiger partial charge in [-0.3, -0.25) is 4.79 Å². The minimum atomic E-state index is -4.56. The van der Waals surface area contributed by atoms with E-state index in [9.17, 15) is 23.1 Å². The van der Waals surface area contributed by atoms with E-state index in [1.165, 1.54) is 6.07 Å². The van der Waals surface area contributed by atoms with Crippen LogP contribution in [0.15, 0.2) is 35.1 Å². The molecule has 1 aromatic carbocycles. The summed E-state index contributed by atoms with van der Waals surface area (Å²) in [6.45, 7) is 0. The Kier molecular flexibility index (Phi) is 2.82. The molecule has 94 valence electrons. The highest BCUT2D eigenvalue weighted by Gasteiger charge is 2.31. The molecule has 2 N–H and O–H groups in total. The lowest BCUT2D eigenvalue weighted by atomic mass is 10.1. The Bertz CT molecular complexity index is 614. The molecule has 2 rings (SSSR count). The molecule has 0 amide bonds. The summed E-state index contributed by atoms with van der Waals surface area (Å²) in [5.74, 6) is -0.521. The number of aromatic nitrogens is 2. The molecule has 0 radical (unpaired) electrons. The molecule has 0 bridgehead atoms. The summed E-state index contributed by atoms with van der Waals surface area (Å²) < 4.78 is 37.6. The maximum absolute atomic E-state index is 12.5. The first kappa shape index (κ1) is 12.2. The van der Waals surface area contributed by atoms with E-state index in [2.05, 4.69) is 10.2 Å². The highest BCUT2D eigenvalue weighted by molar-refractivity contribution is 5.62. The SMILES string of the molecule is O=c1ccc(-c2cc(O)cc(C(F)(F)F)c2)n[nH]1. The van der Waals surface area contributed by atoms with E-state index in [0.29, 0.717) is 6.07 Å². The molecule has 0 aliphatic carbocycles. The first-order chi connectivity index (χ1) is 8.36. The Morgan fingerprint density at radius 3 is 2.44 bits per heavy atom. The van der Waals surface area contributed by atoms with Crippen molar-refractivity contribution in [2.75, 3.05) is 0 Å². The second kappa shape index (κ2) is 4.17. The summed E-state index contributed by atoms with van der Waals surface area (Å²) >= 11 is 0. The molecule has 0 spiro atoms. The fourth-order valence-electron chi connectivity index (χ4n) is 1.43. The van der Waals surface area contributed by atoms with Crippen molar-refractivity contribution < 1.29 is 18.3 Å². The molecule has 0 aliphatic rings. The van der Waals surface area contributed by atoms with Gasteiger partial charge in [0.25, 0.3) is 5.56 Å². The Hall–Kier alpha value is -2.31. The zero-order valence-corrected chi connectivity index (χ0v) is 8.82. The van der Waals surface area contributed by atoms with Crippen LogP contribution in [0.5, 0.6) is 5.75 Å². The Morgan fingerprint density at radius 1 is 1.17 bits per heavy atom. The van der Waals surface area contributed by atoms with E-state index in [0.717, 1.165) is 18.2 Å². The number of rotatable bonds is 1. The fraction of sp³-hybridized carbons (Fsp3) is 0.0909. The normalized spacial score (nSPS) is 11.5. The van der Waals surface area contributed by atoms with Gasteiger partial charge in [0, 0.05) is 11.6 Å². The van der Waals surface area contributed by atoms with E-state index in [1.807, 2.05) is 0 Å². The molecule has 0 saturated carbocycles. The maximum Gasteiger partial charge on any atom is 0.416 e. The third-order valence-corrected chi connectivity index (χ3v) is 2.22. The number of halogens is 3. The van der Waals surface area contributed by atoms with Crippen LogP contribution in [0.25, 0.3) is 11.3 Å². The van der Waals surface area contributed by atoms with E-state index in [-0.39, 0.29) is 11.3 Å². The zero-order chi connectivity index (χ0) is 13.3. The smallest absolute Gasteiger partial charge is 0.416 e. The van der Waals surface area contributed by atoms with Gasteiger partial charge in [0.15, 0.2) is 0 Å². The van der Waals surface area contributed by atoms with Crippen LogP contribution in [0.2, 0.25) is 0 Å². The van der Waals surface area contributed by atoms with Crippen LogP contribution in [-0.2, 0) is 6.18 Å². The highest BCUT2D eigenvalue weighted by Crippen LogP contribution is 2.34. The van der Waals surface area contributed by atoms with Gasteiger partial charge in [-0.15, -0.1) is 0 Å². The van der Waals surface area contributed by atoms with Gasteiger partial charge in [-0.25, -0.2) is 5.10 Å². The van der Waals surface area contributed by atoms with Crippen molar-refractivity contribution >= 4 is 0 Å². The average Bonchev–Trinajstić information content (AvgIpc) is 2.28. The monoisotopic (exact) mass is 256 g/mol. The average molecular weight is 256 g/mol. The Labute approximate surface area is 98.7 Å². The summed E-state index contributed by atoms with van der Waals surface area (Å²) in [4.78, 5) is 10.8. The molecule has 18 heavy (non-hydrogen) atoms. The number of phenols is 1. The number of alkyl halides is 3. The van der Waals surface area contributed by atoms with Crippen molar-refractivity contribution in [2.45, 2.75) is 6.18 Å². The molecule has 0 unspecified atom stereocenters. The lowest BCUT2D eigenvalue weighted by Crippen LogP contribution is -2.07. The summed E-state index contributed by atoms with van der Waals surface area (Å²) in [7, 11) is 0. The van der Waals surface area contributed by atoms with Crippen molar-refractivity contribution in [3.8, 4) is 17.0 Å². The number of aromatic hydroxyl groups is 1. The van der Waals surface area contributed by atoms with Crippen LogP contribution in [0.4, 0.5) is 13.2 Å². The van der Waals surface area contributed by atoms with E-state index in [4.69, 9.17) is 0 Å². The van der Waals surface area contributed by atoms with E-state index in [1.54, 1.807) is 0 Å². The highest BCUT2D eigenvalue weighted by atomic mass is 19.4. The van der Waals surface area contributed by atoms with Crippen LogP contribution in [0.3, 0.4) is 0 Å². The largest absolute Gasteiger partial charge is 0.508 e. The van der Waals surface area contributed by atoms with E-state index >= 15 is 0 Å². The van der Waals surface area contributed by atoms with Crippen LogP contribution in [0, 0.1) is 0 Å². The number of benzene rings is 1. The Balaban J connectivity index is 2.55. The minimum Gasteiger partial charge on any atom is -0.508 e. The van der Waals surface area contributed by atoms with Crippen molar-refractivity contribution in [2.24, 2.45) is 0 Å². The van der Waals surface area contributed by atoms with Gasteiger partial charge in [0.2, 0.25) is 0 Å². The number of nitrogens with one attached hydrogen (secondary N) is 1. The predicted octanol–water partition coefficient (Wildman–Crippen LogP) is 2.16. The second-order valence-corrected chi connectivity index (χ2v) is 3.57. The lowest BCUT2D eigenvalue weighted by Gasteiger charge is -2.09. The van der Waals surface area contributed by atoms with Crippen LogP contribution >= 0.6 is 0 Å². The fourth-order valence-corrected chi connectivity index (χ4v) is 1.43. The number of aromatic amines is 1. The molecule has 0 saturated heterocycles. The second-order valence-electron chi connectivity index (χ2n) is 3.57. The van der Waals surface area contributed by atoms with Gasteiger partial charge in [0.05, 0.1) is 11.3 Å². The Morgan fingerprint density at radius 2 is 1.89 bits per heavy atom. The predicted molar refractivity (Wildman–Crippen MR) is 57.0 cm³/mol. The summed E-state index contributed by atoms with van der Waals surface area (Å²) in [6.07, 6.45) is -4.56. The van der Waals surface area contributed by atoms with Gasteiger partial charge in [-0.1, -0.05) is 0 Å². The number of phenolic OH excluding ortho intramolecular Hbond substituents is 1. The van der Waals surface area contributed by atoms with Gasteiger partial charge in [-0.05, 0) is 24.3 Å². The van der Waals surface area contributed by atoms with Crippen molar-refractivity contribution in [1.29, 1.82) is 0 Å². The topological polar surface area (TPSA) is 66.0 Å². The molecule has 4 nitrogen and oxygen atoms in total. The van der Waals surface area contributed by atoms with E-state index < -0.39 is 23.0 Å². The molecule has 7 heteroatoms. The molecule has 0 fully saturated rings. The van der Waals surface area contributed by atoms with Crippen LogP contribution in [-0.4, -0.2) is 15.3 Å². The minimum absolute atomic E-state index is 0.0681. The van der Waals surface area contributed by atoms with Gasteiger partial charge >= 0.3 is 6.18 Å². The van der Waals surface area contributed by atoms with Gasteiger partial charge in [0.1, 0.15) is 5.75 Å². The first-order valence-electron chi connectivity index (χ1n) is 4.83. The summed E-state index contributed by atoms with van der Waals surface area (Å²) in [5.41, 5.74) is -1.24. The number of hydrogen-bond acceptors (Lipinski definition) is 3. The molecule has 2 aromatic rings. The zero-order valence-electron chi connectivity index (χ0n) is 8.82. The van der Waals surface area contributed by atoms with Crippen molar-refractivity contribution in [3.05, 3.63) is 46.2 Å². The standard InChI is InChI=1S/C11H7F3N2O2/c12-11(13,14)7-3-6(4-8(17)5-7)9-1-2-10(18)16-15-9/h1-5,17H,(H,16,18). The van der Waals surface area contributed by atoms with Crippen LogP contribution < -0.4 is 5.56 Å². The molecular formula is C11H7F3N2O2. The molecule has 0 atom stereocenters. The van der Waals surface area contributed by atoms with Crippen LogP contribution in [0.1, 0.15) is 5.56 Å². The number of nitrogens with zero attached hydrogens (tertiary/aromatic N) is 1. The number of H-pyrrole nitrogens is 1. The lowest BCUT2D eigenvalue weighted by molar-refractivity contribution is -0.137. The number of hydrogen-bond donors (Lipinski definition) is 2. The molecule has 1 heterocycles. The van der Waals surface area contributed by atoms with Crippen molar-refractivity contribution in [3.63, 3.8) is 0 Å². The van der Waals surface area contributed by atoms with Gasteiger partial charge < -0.3 is 5.11 Å². The summed E-state index contributed by atoms with van der Waals surface area (Å²) in [6, 6.07) is 5.01. The van der Waals surface area contributed by atoms with Gasteiger partial charge in [-0.2, -0.15) is 18.3 Å². The molecular weight excluding hydrogens is 249 g/mol. The molecule has 1 aromatic heterocycles. The maximum atomic E-state index is 12.5. The first-order valence-corrected chi connectivity index (χ1v) is 4.83. The summed E-state index contributed by atoms with van der Waals surface area (Å²) in [5, 5.41) is 15.0. The third-order valence-electron chi connectivity index (χ3n) is 2.22. The third kappa shape index (κ3) is 2.50. The molecule has 0 aliphatic heterocycles. The van der Waals surface area contributed by atoms with Crippen molar-refractivity contribution in [1.82, 2.24) is 10.2 Å².